The number of sulfone groups is 1. The van der Waals surface area contributed by atoms with Crippen molar-refractivity contribution >= 4 is 21.7 Å². The number of carbonyl (C=O) groups excluding carboxylic acids is 2. The number of methoxy groups -OCH3 is 2. The highest BCUT2D eigenvalue weighted by Gasteiger charge is 2.33. The standard InChI is InChI=1S/C14H18N2O6S/c1-21-10-3-4-11(12(7-10)22-2)14(18)16-15-13(17)9-5-6-23(19,20)8-9/h3-4,7,9H,5-6,8H2,1-2H3,(H,15,17)(H,16,18)/t9-/m0/s1. The van der Waals surface area contributed by atoms with Crippen molar-refractivity contribution < 1.29 is 27.5 Å². The maximum atomic E-state index is 12.1. The number of benzene rings is 1. The first-order chi connectivity index (χ1) is 10.9. The molecule has 0 aliphatic carbocycles. The number of hydrogen-bond acceptors (Lipinski definition) is 6. The Bertz CT molecular complexity index is 716. The van der Waals surface area contributed by atoms with Gasteiger partial charge in [-0.3, -0.25) is 20.4 Å². The van der Waals surface area contributed by atoms with Gasteiger partial charge >= 0.3 is 0 Å². The van der Waals surface area contributed by atoms with E-state index in [4.69, 9.17) is 9.47 Å². The maximum Gasteiger partial charge on any atom is 0.273 e. The molecule has 2 rings (SSSR count). The van der Waals surface area contributed by atoms with E-state index in [0.717, 1.165) is 0 Å². The van der Waals surface area contributed by atoms with Crippen LogP contribution in [0.15, 0.2) is 18.2 Å². The molecule has 0 spiro atoms. The Morgan fingerprint density at radius 2 is 1.91 bits per heavy atom. The monoisotopic (exact) mass is 342 g/mol. The lowest BCUT2D eigenvalue weighted by Gasteiger charge is -2.13. The molecule has 9 heteroatoms. The van der Waals surface area contributed by atoms with Gasteiger partial charge < -0.3 is 9.47 Å². The Kier molecular flexibility index (Phi) is 5.09. The summed E-state index contributed by atoms with van der Waals surface area (Å²) in [6.45, 7) is 0. The lowest BCUT2D eigenvalue weighted by molar-refractivity contribution is -0.125. The van der Waals surface area contributed by atoms with E-state index in [2.05, 4.69) is 10.9 Å². The van der Waals surface area contributed by atoms with Crippen LogP contribution in [0.1, 0.15) is 16.8 Å². The smallest absolute Gasteiger partial charge is 0.273 e. The van der Waals surface area contributed by atoms with Crippen LogP contribution in [0.25, 0.3) is 0 Å². The normalized spacial score (nSPS) is 19.0. The molecule has 1 aliphatic heterocycles. The highest BCUT2D eigenvalue weighted by atomic mass is 32.2. The average Bonchev–Trinajstić information content (AvgIpc) is 2.91. The molecule has 2 amide bonds. The van der Waals surface area contributed by atoms with Gasteiger partial charge in [0.1, 0.15) is 11.5 Å². The van der Waals surface area contributed by atoms with Gasteiger partial charge in [-0.25, -0.2) is 8.42 Å². The minimum atomic E-state index is -3.16. The summed E-state index contributed by atoms with van der Waals surface area (Å²) in [5.41, 5.74) is 4.73. The van der Waals surface area contributed by atoms with E-state index in [1.54, 1.807) is 12.1 Å². The molecular formula is C14H18N2O6S. The zero-order chi connectivity index (χ0) is 17.0. The van der Waals surface area contributed by atoms with Gasteiger partial charge in [-0.15, -0.1) is 0 Å². The van der Waals surface area contributed by atoms with Crippen molar-refractivity contribution in [1.29, 1.82) is 0 Å². The fraction of sp³-hybridized carbons (Fsp3) is 0.429. The average molecular weight is 342 g/mol. The van der Waals surface area contributed by atoms with Crippen molar-refractivity contribution in [2.24, 2.45) is 5.92 Å². The first kappa shape index (κ1) is 17.1. The van der Waals surface area contributed by atoms with Gasteiger partial charge in [0.05, 0.1) is 37.2 Å². The van der Waals surface area contributed by atoms with Crippen molar-refractivity contribution in [1.82, 2.24) is 10.9 Å². The first-order valence-corrected chi connectivity index (χ1v) is 8.71. The first-order valence-electron chi connectivity index (χ1n) is 6.89. The predicted octanol–water partition coefficient (Wildman–Crippen LogP) is -0.100. The van der Waals surface area contributed by atoms with Crippen LogP contribution in [0.5, 0.6) is 11.5 Å². The molecule has 0 unspecified atom stereocenters. The second-order valence-electron chi connectivity index (χ2n) is 5.11. The van der Waals surface area contributed by atoms with E-state index in [0.29, 0.717) is 11.5 Å². The zero-order valence-corrected chi connectivity index (χ0v) is 13.6. The third-order valence-corrected chi connectivity index (χ3v) is 5.32. The summed E-state index contributed by atoms with van der Waals surface area (Å²) in [6, 6.07) is 4.63. The molecule has 23 heavy (non-hydrogen) atoms. The fourth-order valence-electron chi connectivity index (χ4n) is 2.28. The SMILES string of the molecule is COc1ccc(C(=O)NNC(=O)[C@H]2CCS(=O)(=O)C2)c(OC)c1. The number of ether oxygens (including phenoxy) is 2. The van der Waals surface area contributed by atoms with Gasteiger partial charge in [-0.2, -0.15) is 0 Å². The number of nitrogens with one attached hydrogen (secondary N) is 2. The Morgan fingerprint density at radius 3 is 2.48 bits per heavy atom. The van der Waals surface area contributed by atoms with E-state index in [1.807, 2.05) is 0 Å². The van der Waals surface area contributed by atoms with Crippen molar-refractivity contribution in [2.75, 3.05) is 25.7 Å². The van der Waals surface area contributed by atoms with Gasteiger partial charge in [0, 0.05) is 6.07 Å². The zero-order valence-electron chi connectivity index (χ0n) is 12.8. The maximum absolute atomic E-state index is 12.1. The van der Waals surface area contributed by atoms with Crippen LogP contribution in [-0.4, -0.2) is 46.0 Å². The quantitative estimate of drug-likeness (QED) is 0.739. The number of carbonyl (C=O) groups is 2. The predicted molar refractivity (Wildman–Crippen MR) is 81.9 cm³/mol. The molecule has 1 saturated heterocycles. The summed E-state index contributed by atoms with van der Waals surface area (Å²) >= 11 is 0. The third kappa shape index (κ3) is 4.13. The molecule has 1 atom stereocenters. The number of hydrazine groups is 1. The van der Waals surface area contributed by atoms with Crippen LogP contribution in [0.2, 0.25) is 0 Å². The molecule has 1 heterocycles. The number of hydrogen-bond donors (Lipinski definition) is 2. The third-order valence-electron chi connectivity index (χ3n) is 3.56. The summed E-state index contributed by atoms with van der Waals surface area (Å²) < 4.78 is 32.9. The Balaban J connectivity index is 1.98. The molecule has 1 aromatic carbocycles. The van der Waals surface area contributed by atoms with E-state index in [1.165, 1.54) is 20.3 Å². The second-order valence-corrected chi connectivity index (χ2v) is 7.34. The van der Waals surface area contributed by atoms with Crippen molar-refractivity contribution in [3.05, 3.63) is 23.8 Å². The molecule has 1 fully saturated rings. The topological polar surface area (TPSA) is 111 Å². The number of amides is 2. The highest BCUT2D eigenvalue weighted by molar-refractivity contribution is 7.91. The summed E-state index contributed by atoms with van der Waals surface area (Å²) in [4.78, 5) is 24.0. The minimum Gasteiger partial charge on any atom is -0.497 e. The molecular weight excluding hydrogens is 324 g/mol. The lowest BCUT2D eigenvalue weighted by Crippen LogP contribution is -2.44. The summed E-state index contributed by atoms with van der Waals surface area (Å²) in [6.07, 6.45) is 0.260. The van der Waals surface area contributed by atoms with Gasteiger partial charge in [-0.1, -0.05) is 0 Å². The van der Waals surface area contributed by atoms with Gasteiger partial charge in [0.2, 0.25) is 5.91 Å². The molecule has 0 aromatic heterocycles. The minimum absolute atomic E-state index is 0.00860. The summed E-state index contributed by atoms with van der Waals surface area (Å²) in [7, 11) is -0.256. The Hall–Kier alpha value is -2.29. The molecule has 8 nitrogen and oxygen atoms in total. The molecule has 126 valence electrons. The van der Waals surface area contributed by atoms with Crippen molar-refractivity contribution in [2.45, 2.75) is 6.42 Å². The van der Waals surface area contributed by atoms with Crippen LogP contribution in [0.4, 0.5) is 0 Å². The van der Waals surface area contributed by atoms with Crippen LogP contribution in [0, 0.1) is 5.92 Å². The van der Waals surface area contributed by atoms with E-state index in [-0.39, 0.29) is 23.5 Å². The molecule has 0 radical (unpaired) electrons. The molecule has 0 saturated carbocycles. The van der Waals surface area contributed by atoms with Crippen molar-refractivity contribution in [3.63, 3.8) is 0 Å². The second kappa shape index (κ2) is 6.86. The summed E-state index contributed by atoms with van der Waals surface area (Å²) in [5.74, 6) is -1.12. The highest BCUT2D eigenvalue weighted by Crippen LogP contribution is 2.24. The van der Waals surface area contributed by atoms with Crippen molar-refractivity contribution in [3.8, 4) is 11.5 Å². The molecule has 1 aliphatic rings. The van der Waals surface area contributed by atoms with Crippen LogP contribution in [0.3, 0.4) is 0 Å². The van der Waals surface area contributed by atoms with Gasteiger partial charge in [0.15, 0.2) is 9.84 Å². The van der Waals surface area contributed by atoms with Crippen LogP contribution < -0.4 is 20.3 Å². The van der Waals surface area contributed by atoms with Gasteiger partial charge in [0.25, 0.3) is 5.91 Å². The summed E-state index contributed by atoms with van der Waals surface area (Å²) in [5, 5.41) is 0. The fourth-order valence-corrected chi connectivity index (χ4v) is 4.02. The van der Waals surface area contributed by atoms with Gasteiger partial charge in [-0.05, 0) is 18.6 Å². The Labute approximate surface area is 134 Å². The van der Waals surface area contributed by atoms with Crippen LogP contribution >= 0.6 is 0 Å². The molecule has 1 aromatic rings. The van der Waals surface area contributed by atoms with Crippen LogP contribution in [-0.2, 0) is 14.6 Å². The lowest BCUT2D eigenvalue weighted by atomic mass is 10.1. The van der Waals surface area contributed by atoms with E-state index < -0.39 is 27.6 Å². The van der Waals surface area contributed by atoms with E-state index >= 15 is 0 Å². The molecule has 2 N–H and O–H groups in total. The Morgan fingerprint density at radius 1 is 1.17 bits per heavy atom. The number of rotatable bonds is 4. The van der Waals surface area contributed by atoms with E-state index in [9.17, 15) is 18.0 Å². The largest absolute Gasteiger partial charge is 0.497 e. The molecule has 0 bridgehead atoms.